The highest BCUT2D eigenvalue weighted by Crippen LogP contribution is 2.26. The zero-order valence-corrected chi connectivity index (χ0v) is 11.3. The molecule has 0 bridgehead atoms. The van der Waals surface area contributed by atoms with E-state index in [1.165, 1.54) is 24.6 Å². The first-order valence-corrected chi connectivity index (χ1v) is 7.15. The molecule has 18 heavy (non-hydrogen) atoms. The summed E-state index contributed by atoms with van der Waals surface area (Å²) < 4.78 is 1.93. The van der Waals surface area contributed by atoms with Crippen LogP contribution in [0.2, 0.25) is 0 Å². The topological polar surface area (TPSA) is 71.2 Å². The van der Waals surface area contributed by atoms with Crippen molar-refractivity contribution in [1.82, 2.24) is 19.7 Å². The number of likely N-dealkylation sites (N-methyl/N-ethyl adjacent to an activating group) is 1. The predicted octanol–water partition coefficient (Wildman–Crippen LogP) is 0.939. The summed E-state index contributed by atoms with van der Waals surface area (Å²) in [5, 5.41) is 17.1. The molecule has 1 aliphatic rings. The summed E-state index contributed by atoms with van der Waals surface area (Å²) >= 11 is 1.22. The van der Waals surface area contributed by atoms with Crippen molar-refractivity contribution >= 4 is 17.7 Å². The Balaban J connectivity index is 1.84. The molecule has 0 spiro atoms. The second kappa shape index (κ2) is 6.19. The Kier molecular flexibility index (Phi) is 4.60. The fourth-order valence-electron chi connectivity index (χ4n) is 1.91. The number of carboxylic acids is 1. The average molecular weight is 270 g/mol. The van der Waals surface area contributed by atoms with E-state index in [1.54, 1.807) is 6.33 Å². The molecule has 2 rings (SSSR count). The highest BCUT2D eigenvalue weighted by atomic mass is 32.2. The molecule has 0 atom stereocenters. The number of hydrogen-bond acceptors (Lipinski definition) is 5. The normalized spacial score (nSPS) is 15.2. The molecular formula is C11H18N4O2S. The minimum atomic E-state index is -0.831. The van der Waals surface area contributed by atoms with Crippen molar-refractivity contribution < 1.29 is 9.90 Å². The summed E-state index contributed by atoms with van der Waals surface area (Å²) in [6, 6.07) is 0.751. The smallest absolute Gasteiger partial charge is 0.313 e. The van der Waals surface area contributed by atoms with Gasteiger partial charge in [0.25, 0.3) is 0 Å². The molecule has 1 N–H and O–H groups in total. The van der Waals surface area contributed by atoms with E-state index < -0.39 is 5.97 Å². The van der Waals surface area contributed by atoms with Crippen molar-refractivity contribution in [3.05, 3.63) is 6.33 Å². The fourth-order valence-corrected chi connectivity index (χ4v) is 2.57. The summed E-state index contributed by atoms with van der Waals surface area (Å²) in [5.41, 5.74) is 0. The standard InChI is InChI=1S/C11H18N4O2S/c1-2-14(9-3-4-9)5-6-15-8-12-13-11(15)18-7-10(16)17/h8-9H,2-7H2,1H3,(H,16,17). The molecular weight excluding hydrogens is 252 g/mol. The first-order chi connectivity index (χ1) is 8.70. The summed E-state index contributed by atoms with van der Waals surface area (Å²) in [6.07, 6.45) is 4.28. The second-order valence-electron chi connectivity index (χ2n) is 4.35. The van der Waals surface area contributed by atoms with E-state index >= 15 is 0 Å². The van der Waals surface area contributed by atoms with Crippen LogP contribution in [0.5, 0.6) is 0 Å². The van der Waals surface area contributed by atoms with Crippen LogP contribution in [0.3, 0.4) is 0 Å². The monoisotopic (exact) mass is 270 g/mol. The number of thioether (sulfide) groups is 1. The van der Waals surface area contributed by atoms with Crippen molar-refractivity contribution in [1.29, 1.82) is 0 Å². The van der Waals surface area contributed by atoms with E-state index in [9.17, 15) is 4.79 Å². The molecule has 0 unspecified atom stereocenters. The first-order valence-electron chi connectivity index (χ1n) is 6.17. The Bertz CT molecular complexity index is 406. The van der Waals surface area contributed by atoms with Crippen molar-refractivity contribution in [2.45, 2.75) is 37.5 Å². The van der Waals surface area contributed by atoms with Gasteiger partial charge in [-0.3, -0.25) is 9.69 Å². The van der Waals surface area contributed by atoms with Gasteiger partial charge in [0.2, 0.25) is 0 Å². The fraction of sp³-hybridized carbons (Fsp3) is 0.727. The molecule has 0 saturated heterocycles. The van der Waals surface area contributed by atoms with Gasteiger partial charge in [-0.25, -0.2) is 0 Å². The summed E-state index contributed by atoms with van der Waals surface area (Å²) in [5.74, 6) is -0.804. The van der Waals surface area contributed by atoms with Gasteiger partial charge in [0.1, 0.15) is 6.33 Å². The maximum atomic E-state index is 10.5. The van der Waals surface area contributed by atoms with E-state index in [0.717, 1.165) is 25.7 Å². The molecule has 7 heteroatoms. The second-order valence-corrected chi connectivity index (χ2v) is 5.29. The molecule has 0 amide bonds. The zero-order chi connectivity index (χ0) is 13.0. The number of nitrogens with zero attached hydrogens (tertiary/aromatic N) is 4. The highest BCUT2D eigenvalue weighted by molar-refractivity contribution is 7.99. The summed E-state index contributed by atoms with van der Waals surface area (Å²) in [6.45, 7) is 5.02. The Labute approximate surface area is 110 Å². The molecule has 1 fully saturated rings. The lowest BCUT2D eigenvalue weighted by atomic mass is 10.4. The van der Waals surface area contributed by atoms with Crippen LogP contribution in [-0.2, 0) is 11.3 Å². The van der Waals surface area contributed by atoms with Gasteiger partial charge < -0.3 is 9.67 Å². The third kappa shape index (κ3) is 3.71. The zero-order valence-electron chi connectivity index (χ0n) is 10.4. The Morgan fingerprint density at radius 1 is 1.67 bits per heavy atom. The average Bonchev–Trinajstić information content (AvgIpc) is 3.07. The van der Waals surface area contributed by atoms with Crippen LogP contribution in [0.15, 0.2) is 11.5 Å². The lowest BCUT2D eigenvalue weighted by Gasteiger charge is -2.19. The van der Waals surface area contributed by atoms with E-state index in [4.69, 9.17) is 5.11 Å². The SMILES string of the molecule is CCN(CCn1cnnc1SCC(=O)O)C1CC1. The molecule has 1 aliphatic carbocycles. The largest absolute Gasteiger partial charge is 0.481 e. The van der Waals surface area contributed by atoms with Crippen molar-refractivity contribution in [3.8, 4) is 0 Å². The maximum absolute atomic E-state index is 10.5. The van der Waals surface area contributed by atoms with Crippen LogP contribution in [0, 0.1) is 0 Å². The molecule has 1 heterocycles. The number of carbonyl (C=O) groups is 1. The lowest BCUT2D eigenvalue weighted by molar-refractivity contribution is -0.133. The van der Waals surface area contributed by atoms with E-state index in [2.05, 4.69) is 22.0 Å². The number of hydrogen-bond donors (Lipinski definition) is 1. The van der Waals surface area contributed by atoms with Crippen LogP contribution < -0.4 is 0 Å². The van der Waals surface area contributed by atoms with Crippen molar-refractivity contribution in [2.24, 2.45) is 0 Å². The van der Waals surface area contributed by atoms with Gasteiger partial charge in [0.15, 0.2) is 5.16 Å². The minimum Gasteiger partial charge on any atom is -0.481 e. The third-order valence-corrected chi connectivity index (χ3v) is 3.97. The van der Waals surface area contributed by atoms with E-state index in [1.807, 2.05) is 4.57 Å². The van der Waals surface area contributed by atoms with Crippen LogP contribution in [-0.4, -0.2) is 55.6 Å². The minimum absolute atomic E-state index is 0.0266. The number of aliphatic carboxylic acids is 1. The number of rotatable bonds is 8. The van der Waals surface area contributed by atoms with Crippen LogP contribution in [0.4, 0.5) is 0 Å². The van der Waals surface area contributed by atoms with E-state index in [0.29, 0.717) is 5.16 Å². The molecule has 0 radical (unpaired) electrons. The van der Waals surface area contributed by atoms with Gasteiger partial charge in [-0.2, -0.15) is 0 Å². The Morgan fingerprint density at radius 3 is 3.06 bits per heavy atom. The number of carboxylic acid groups (broad SMARTS) is 1. The Morgan fingerprint density at radius 2 is 2.44 bits per heavy atom. The molecule has 6 nitrogen and oxygen atoms in total. The first kappa shape index (κ1) is 13.4. The van der Waals surface area contributed by atoms with Crippen LogP contribution in [0.1, 0.15) is 19.8 Å². The molecule has 0 aromatic carbocycles. The Hall–Kier alpha value is -1.08. The molecule has 1 aromatic rings. The van der Waals surface area contributed by atoms with Crippen molar-refractivity contribution in [2.75, 3.05) is 18.8 Å². The molecule has 0 aliphatic heterocycles. The van der Waals surface area contributed by atoms with Crippen molar-refractivity contribution in [3.63, 3.8) is 0 Å². The number of aromatic nitrogens is 3. The molecule has 1 aromatic heterocycles. The van der Waals surface area contributed by atoms with Gasteiger partial charge in [-0.05, 0) is 19.4 Å². The molecule has 100 valence electrons. The van der Waals surface area contributed by atoms with E-state index in [-0.39, 0.29) is 5.75 Å². The van der Waals surface area contributed by atoms with Gasteiger partial charge in [-0.1, -0.05) is 18.7 Å². The highest BCUT2D eigenvalue weighted by Gasteiger charge is 2.27. The third-order valence-electron chi connectivity index (χ3n) is 3.00. The van der Waals surface area contributed by atoms with Gasteiger partial charge in [0, 0.05) is 19.1 Å². The van der Waals surface area contributed by atoms with Crippen LogP contribution in [0.25, 0.3) is 0 Å². The molecule has 1 saturated carbocycles. The maximum Gasteiger partial charge on any atom is 0.313 e. The summed E-state index contributed by atoms with van der Waals surface area (Å²) in [7, 11) is 0. The summed E-state index contributed by atoms with van der Waals surface area (Å²) in [4.78, 5) is 13.0. The lowest BCUT2D eigenvalue weighted by Crippen LogP contribution is -2.29. The van der Waals surface area contributed by atoms with Gasteiger partial charge >= 0.3 is 5.97 Å². The van der Waals surface area contributed by atoms with Crippen LogP contribution >= 0.6 is 11.8 Å². The predicted molar refractivity (Wildman–Crippen MR) is 68.7 cm³/mol. The quantitative estimate of drug-likeness (QED) is 0.709. The van der Waals surface area contributed by atoms with Gasteiger partial charge in [-0.15, -0.1) is 10.2 Å². The van der Waals surface area contributed by atoms with Gasteiger partial charge in [0.05, 0.1) is 5.75 Å².